The molecule has 1 aliphatic rings. The molecule has 1 fully saturated rings. The van der Waals surface area contributed by atoms with Crippen molar-refractivity contribution in [3.63, 3.8) is 0 Å². The molecular formula is C23H22N2OS. The largest absolute Gasteiger partial charge is 0.370 e. The van der Waals surface area contributed by atoms with Gasteiger partial charge in [0.25, 0.3) is 5.91 Å². The maximum atomic E-state index is 12.6. The van der Waals surface area contributed by atoms with Crippen LogP contribution in [0.3, 0.4) is 0 Å². The quantitative estimate of drug-likeness (QED) is 0.685. The summed E-state index contributed by atoms with van der Waals surface area (Å²) >= 11 is 1.99. The molecule has 1 aliphatic heterocycles. The van der Waals surface area contributed by atoms with Crippen molar-refractivity contribution in [2.24, 2.45) is 0 Å². The van der Waals surface area contributed by atoms with Crippen molar-refractivity contribution in [1.29, 1.82) is 0 Å². The van der Waals surface area contributed by atoms with E-state index in [9.17, 15) is 4.79 Å². The summed E-state index contributed by atoms with van der Waals surface area (Å²) in [6.45, 7) is 2.12. The van der Waals surface area contributed by atoms with Crippen molar-refractivity contribution < 1.29 is 4.79 Å². The predicted molar refractivity (Wildman–Crippen MR) is 116 cm³/mol. The molecule has 0 saturated carbocycles. The fourth-order valence-corrected chi connectivity index (χ4v) is 4.15. The molecule has 0 unspecified atom stereocenters. The molecule has 0 aliphatic carbocycles. The SMILES string of the molecule is O=C(Nc1cccc(N2CCSCC2)c1)c1ccc(-c2ccccc2)cc1. The Kier molecular flexibility index (Phi) is 5.45. The van der Waals surface area contributed by atoms with Crippen molar-refractivity contribution in [1.82, 2.24) is 0 Å². The number of rotatable bonds is 4. The first kappa shape index (κ1) is 17.7. The topological polar surface area (TPSA) is 32.3 Å². The predicted octanol–water partition coefficient (Wildman–Crippen LogP) is 5.16. The van der Waals surface area contributed by atoms with Crippen LogP contribution in [-0.4, -0.2) is 30.5 Å². The van der Waals surface area contributed by atoms with Gasteiger partial charge in [0.15, 0.2) is 0 Å². The highest BCUT2D eigenvalue weighted by atomic mass is 32.2. The third-order valence-corrected chi connectivity index (χ3v) is 5.68. The zero-order valence-corrected chi connectivity index (χ0v) is 15.9. The number of carbonyl (C=O) groups is 1. The van der Waals surface area contributed by atoms with Gasteiger partial charge in [0.05, 0.1) is 0 Å². The Hall–Kier alpha value is -2.72. The molecule has 4 rings (SSSR count). The van der Waals surface area contributed by atoms with E-state index in [4.69, 9.17) is 0 Å². The van der Waals surface area contributed by atoms with E-state index in [1.807, 2.05) is 66.4 Å². The Morgan fingerprint density at radius 1 is 0.815 bits per heavy atom. The van der Waals surface area contributed by atoms with Gasteiger partial charge in [0, 0.05) is 41.5 Å². The van der Waals surface area contributed by atoms with E-state index in [1.165, 1.54) is 5.69 Å². The molecule has 0 radical (unpaired) electrons. The third-order valence-electron chi connectivity index (χ3n) is 4.73. The van der Waals surface area contributed by atoms with Gasteiger partial charge < -0.3 is 10.2 Å². The summed E-state index contributed by atoms with van der Waals surface area (Å²) in [6.07, 6.45) is 0. The first-order chi connectivity index (χ1) is 13.3. The van der Waals surface area contributed by atoms with Crippen LogP contribution in [0.1, 0.15) is 10.4 Å². The van der Waals surface area contributed by atoms with Crippen molar-refractivity contribution in [2.75, 3.05) is 34.8 Å². The van der Waals surface area contributed by atoms with Crippen LogP contribution in [0.4, 0.5) is 11.4 Å². The highest BCUT2D eigenvalue weighted by Crippen LogP contribution is 2.24. The monoisotopic (exact) mass is 374 g/mol. The van der Waals surface area contributed by atoms with Gasteiger partial charge in [0.1, 0.15) is 0 Å². The number of thioether (sulfide) groups is 1. The Morgan fingerprint density at radius 3 is 2.26 bits per heavy atom. The normalized spacial score (nSPS) is 14.0. The Bertz CT molecular complexity index is 903. The molecule has 0 aromatic heterocycles. The zero-order valence-electron chi connectivity index (χ0n) is 15.1. The van der Waals surface area contributed by atoms with Gasteiger partial charge in [-0.25, -0.2) is 0 Å². The summed E-state index contributed by atoms with van der Waals surface area (Å²) < 4.78 is 0. The average molecular weight is 375 g/mol. The number of nitrogens with zero attached hydrogens (tertiary/aromatic N) is 1. The maximum absolute atomic E-state index is 12.6. The molecule has 1 N–H and O–H groups in total. The molecule has 0 atom stereocenters. The van der Waals surface area contributed by atoms with Gasteiger partial charge in [-0.2, -0.15) is 11.8 Å². The van der Waals surface area contributed by atoms with E-state index in [2.05, 4.69) is 34.5 Å². The fourth-order valence-electron chi connectivity index (χ4n) is 3.25. The molecule has 3 nitrogen and oxygen atoms in total. The number of nitrogens with one attached hydrogen (secondary N) is 1. The number of anilines is 2. The molecule has 1 heterocycles. The van der Waals surface area contributed by atoms with E-state index in [0.29, 0.717) is 5.56 Å². The highest BCUT2D eigenvalue weighted by Gasteiger charge is 2.12. The van der Waals surface area contributed by atoms with Gasteiger partial charge in [-0.15, -0.1) is 0 Å². The van der Waals surface area contributed by atoms with Crippen LogP contribution >= 0.6 is 11.8 Å². The smallest absolute Gasteiger partial charge is 0.255 e. The number of hydrogen-bond acceptors (Lipinski definition) is 3. The summed E-state index contributed by atoms with van der Waals surface area (Å²) in [6, 6.07) is 26.0. The lowest BCUT2D eigenvalue weighted by Gasteiger charge is -2.28. The van der Waals surface area contributed by atoms with E-state index < -0.39 is 0 Å². The van der Waals surface area contributed by atoms with E-state index in [0.717, 1.165) is 41.4 Å². The fraction of sp³-hybridized carbons (Fsp3) is 0.174. The molecule has 0 spiro atoms. The molecule has 136 valence electrons. The molecule has 1 saturated heterocycles. The second-order valence-corrected chi connectivity index (χ2v) is 7.77. The molecular weight excluding hydrogens is 352 g/mol. The number of benzene rings is 3. The second-order valence-electron chi connectivity index (χ2n) is 6.55. The van der Waals surface area contributed by atoms with Crippen LogP contribution in [0.25, 0.3) is 11.1 Å². The first-order valence-corrected chi connectivity index (χ1v) is 10.3. The third kappa shape index (κ3) is 4.34. The van der Waals surface area contributed by atoms with E-state index in [1.54, 1.807) is 0 Å². The number of carbonyl (C=O) groups excluding carboxylic acids is 1. The number of amides is 1. The highest BCUT2D eigenvalue weighted by molar-refractivity contribution is 7.99. The summed E-state index contributed by atoms with van der Waals surface area (Å²) in [7, 11) is 0. The van der Waals surface area contributed by atoms with Crippen LogP contribution in [0.15, 0.2) is 78.9 Å². The van der Waals surface area contributed by atoms with Crippen LogP contribution in [-0.2, 0) is 0 Å². The van der Waals surface area contributed by atoms with Gasteiger partial charge in [-0.3, -0.25) is 4.79 Å². The molecule has 4 heteroatoms. The Balaban J connectivity index is 1.46. The average Bonchev–Trinajstić information content (AvgIpc) is 2.75. The maximum Gasteiger partial charge on any atom is 0.255 e. The minimum atomic E-state index is -0.0824. The van der Waals surface area contributed by atoms with Gasteiger partial charge >= 0.3 is 0 Å². The molecule has 3 aromatic rings. The molecule has 1 amide bonds. The Labute approximate surface area is 164 Å². The summed E-state index contributed by atoms with van der Waals surface area (Å²) in [4.78, 5) is 15.0. The molecule has 0 bridgehead atoms. The zero-order chi connectivity index (χ0) is 18.5. The van der Waals surface area contributed by atoms with E-state index in [-0.39, 0.29) is 5.91 Å². The Morgan fingerprint density at radius 2 is 1.52 bits per heavy atom. The van der Waals surface area contributed by atoms with Gasteiger partial charge in [-0.05, 0) is 41.5 Å². The first-order valence-electron chi connectivity index (χ1n) is 9.19. The van der Waals surface area contributed by atoms with Crippen molar-refractivity contribution in [3.05, 3.63) is 84.4 Å². The van der Waals surface area contributed by atoms with Gasteiger partial charge in [0.2, 0.25) is 0 Å². The minimum absolute atomic E-state index is 0.0824. The standard InChI is InChI=1S/C23H22N2OS/c26-23(20-11-9-19(10-12-20)18-5-2-1-3-6-18)24-21-7-4-8-22(17-21)25-13-15-27-16-14-25/h1-12,17H,13-16H2,(H,24,26). The van der Waals surface area contributed by atoms with Crippen molar-refractivity contribution in [3.8, 4) is 11.1 Å². The lowest BCUT2D eigenvalue weighted by Crippen LogP contribution is -2.32. The lowest BCUT2D eigenvalue weighted by molar-refractivity contribution is 0.102. The molecule has 27 heavy (non-hydrogen) atoms. The van der Waals surface area contributed by atoms with Crippen LogP contribution in [0.2, 0.25) is 0 Å². The number of hydrogen-bond donors (Lipinski definition) is 1. The van der Waals surface area contributed by atoms with Crippen molar-refractivity contribution in [2.45, 2.75) is 0 Å². The summed E-state index contributed by atoms with van der Waals surface area (Å²) in [5.41, 5.74) is 4.93. The summed E-state index contributed by atoms with van der Waals surface area (Å²) in [5.74, 6) is 2.23. The van der Waals surface area contributed by atoms with Crippen LogP contribution in [0, 0.1) is 0 Å². The lowest BCUT2D eigenvalue weighted by atomic mass is 10.0. The minimum Gasteiger partial charge on any atom is -0.370 e. The molecule has 3 aromatic carbocycles. The van der Waals surface area contributed by atoms with E-state index >= 15 is 0 Å². The second kappa shape index (κ2) is 8.31. The van der Waals surface area contributed by atoms with Crippen LogP contribution < -0.4 is 10.2 Å². The van der Waals surface area contributed by atoms with Crippen molar-refractivity contribution >= 4 is 29.0 Å². The van der Waals surface area contributed by atoms with Gasteiger partial charge in [-0.1, -0.05) is 48.5 Å². The summed E-state index contributed by atoms with van der Waals surface area (Å²) in [5, 5.41) is 3.03. The van der Waals surface area contributed by atoms with Crippen LogP contribution in [0.5, 0.6) is 0 Å².